The van der Waals surface area contributed by atoms with Crippen LogP contribution in [0.3, 0.4) is 0 Å². The van der Waals surface area contributed by atoms with Crippen LogP contribution in [0.25, 0.3) is 16.7 Å². The molecule has 0 N–H and O–H groups in total. The zero-order valence-electron chi connectivity index (χ0n) is 14.7. The first kappa shape index (κ1) is 20.5. The monoisotopic (exact) mass is 348 g/mol. The number of rotatable bonds is 4. The molecule has 130 valence electrons. The van der Waals surface area contributed by atoms with Crippen LogP contribution in [-0.2, 0) is 0 Å². The number of nitriles is 2. The van der Waals surface area contributed by atoms with Crippen molar-refractivity contribution in [3.8, 4) is 23.3 Å². The van der Waals surface area contributed by atoms with Crippen LogP contribution in [0.5, 0.6) is 0 Å². The van der Waals surface area contributed by atoms with Crippen molar-refractivity contribution in [3.05, 3.63) is 90.0 Å². The highest BCUT2D eigenvalue weighted by Crippen LogP contribution is 2.33. The number of allylic oxidation sites excluding steroid dienone is 4. The van der Waals surface area contributed by atoms with Gasteiger partial charge in [0.25, 0.3) is 0 Å². The SMILES string of the molecule is C=C/C(C#N)=C(\C=C)c1cc(F)cc(-c2ccccc2C#N)c1F.CC. The van der Waals surface area contributed by atoms with Gasteiger partial charge in [0.1, 0.15) is 11.6 Å². The number of hydrogen-bond acceptors (Lipinski definition) is 2. The van der Waals surface area contributed by atoms with E-state index in [4.69, 9.17) is 5.26 Å². The van der Waals surface area contributed by atoms with E-state index in [1.54, 1.807) is 12.1 Å². The molecular weight excluding hydrogens is 330 g/mol. The van der Waals surface area contributed by atoms with Crippen LogP contribution in [-0.4, -0.2) is 0 Å². The summed E-state index contributed by atoms with van der Waals surface area (Å²) in [5.41, 5.74) is 0.557. The summed E-state index contributed by atoms with van der Waals surface area (Å²) >= 11 is 0. The number of hydrogen-bond donors (Lipinski definition) is 0. The van der Waals surface area contributed by atoms with Gasteiger partial charge in [-0.2, -0.15) is 10.5 Å². The molecule has 0 aromatic heterocycles. The number of nitrogens with zero attached hydrogens (tertiary/aromatic N) is 2. The lowest BCUT2D eigenvalue weighted by Gasteiger charge is -2.12. The molecule has 2 nitrogen and oxygen atoms in total. The topological polar surface area (TPSA) is 47.6 Å². The summed E-state index contributed by atoms with van der Waals surface area (Å²) in [7, 11) is 0. The fourth-order valence-corrected chi connectivity index (χ4v) is 2.38. The molecule has 0 aliphatic carbocycles. The smallest absolute Gasteiger partial charge is 0.139 e. The summed E-state index contributed by atoms with van der Waals surface area (Å²) < 4.78 is 29.1. The van der Waals surface area contributed by atoms with E-state index in [0.717, 1.165) is 12.1 Å². The summed E-state index contributed by atoms with van der Waals surface area (Å²) in [6.45, 7) is 11.1. The Morgan fingerprint density at radius 3 is 2.19 bits per heavy atom. The number of halogens is 2. The Morgan fingerprint density at radius 2 is 1.65 bits per heavy atom. The summed E-state index contributed by atoms with van der Waals surface area (Å²) in [5, 5.41) is 18.3. The molecule has 0 fully saturated rings. The van der Waals surface area contributed by atoms with Crippen LogP contribution in [0.15, 0.2) is 67.3 Å². The summed E-state index contributed by atoms with van der Waals surface area (Å²) in [4.78, 5) is 0. The molecule has 26 heavy (non-hydrogen) atoms. The second-order valence-corrected chi connectivity index (χ2v) is 4.82. The molecule has 0 radical (unpaired) electrons. The van der Waals surface area contributed by atoms with Crippen molar-refractivity contribution in [2.24, 2.45) is 0 Å². The normalized spacial score (nSPS) is 10.4. The molecule has 0 unspecified atom stereocenters. The lowest BCUT2D eigenvalue weighted by atomic mass is 9.93. The first-order valence-corrected chi connectivity index (χ1v) is 7.95. The average molecular weight is 348 g/mol. The molecular formula is C22H18F2N2. The predicted molar refractivity (Wildman–Crippen MR) is 101 cm³/mol. The van der Waals surface area contributed by atoms with Crippen LogP contribution in [0, 0.1) is 34.3 Å². The van der Waals surface area contributed by atoms with Gasteiger partial charge in [0.2, 0.25) is 0 Å². The lowest BCUT2D eigenvalue weighted by molar-refractivity contribution is 0.600. The van der Waals surface area contributed by atoms with E-state index in [9.17, 15) is 9.65 Å². The molecule has 2 aromatic carbocycles. The molecule has 0 aliphatic rings. The Morgan fingerprint density at radius 1 is 1.00 bits per heavy atom. The predicted octanol–water partition coefficient (Wildman–Crippen LogP) is 6.18. The Balaban J connectivity index is 0.00000163. The summed E-state index contributed by atoms with van der Waals surface area (Å²) in [6.07, 6.45) is 2.53. The molecule has 0 spiro atoms. The van der Waals surface area contributed by atoms with Gasteiger partial charge in [-0.15, -0.1) is 0 Å². The van der Waals surface area contributed by atoms with Gasteiger partial charge in [0, 0.05) is 22.3 Å². The van der Waals surface area contributed by atoms with Crippen molar-refractivity contribution >= 4 is 5.57 Å². The van der Waals surface area contributed by atoms with Gasteiger partial charge in [0.05, 0.1) is 23.3 Å². The van der Waals surface area contributed by atoms with Crippen LogP contribution >= 0.6 is 0 Å². The van der Waals surface area contributed by atoms with Gasteiger partial charge in [-0.05, 0) is 18.2 Å². The number of benzene rings is 2. The fourth-order valence-electron chi connectivity index (χ4n) is 2.38. The van der Waals surface area contributed by atoms with Gasteiger partial charge >= 0.3 is 0 Å². The zero-order valence-corrected chi connectivity index (χ0v) is 14.7. The van der Waals surface area contributed by atoms with Gasteiger partial charge in [-0.3, -0.25) is 0 Å². The minimum Gasteiger partial charge on any atom is -0.207 e. The average Bonchev–Trinajstić information content (AvgIpc) is 2.69. The molecule has 0 saturated carbocycles. The van der Waals surface area contributed by atoms with Crippen molar-refractivity contribution in [3.63, 3.8) is 0 Å². The quantitative estimate of drug-likeness (QED) is 0.489. The second kappa shape index (κ2) is 9.71. The maximum Gasteiger partial charge on any atom is 0.139 e. The summed E-state index contributed by atoms with van der Waals surface area (Å²) in [6, 6.07) is 12.2. The van der Waals surface area contributed by atoms with Crippen molar-refractivity contribution in [1.82, 2.24) is 0 Å². The molecule has 2 aromatic rings. The molecule has 0 atom stereocenters. The van der Waals surface area contributed by atoms with Crippen molar-refractivity contribution < 1.29 is 8.78 Å². The minimum absolute atomic E-state index is 0.0529. The Kier molecular flexibility index (Phi) is 7.67. The fraction of sp³-hybridized carbons (Fsp3) is 0.0909. The van der Waals surface area contributed by atoms with E-state index >= 15 is 4.39 Å². The van der Waals surface area contributed by atoms with Crippen molar-refractivity contribution in [2.45, 2.75) is 13.8 Å². The Hall–Kier alpha value is -3.50. The molecule has 0 amide bonds. The molecule has 0 saturated heterocycles. The molecule has 4 heteroatoms. The standard InChI is InChI=1S/C20H12F2N2.C2H6/c1-3-13(11-23)16(4-2)18-9-15(21)10-19(20(18)22)17-8-6-5-7-14(17)12-24;1-2/h3-10H,1-2H2;1-2H3/b16-13-;. The first-order chi connectivity index (χ1) is 12.6. The molecule has 0 aliphatic heterocycles. The zero-order chi connectivity index (χ0) is 19.7. The largest absolute Gasteiger partial charge is 0.207 e. The van der Waals surface area contributed by atoms with Gasteiger partial charge < -0.3 is 0 Å². The highest BCUT2D eigenvalue weighted by Gasteiger charge is 2.18. The van der Waals surface area contributed by atoms with Crippen LogP contribution < -0.4 is 0 Å². The first-order valence-electron chi connectivity index (χ1n) is 7.95. The van der Waals surface area contributed by atoms with Crippen molar-refractivity contribution in [1.29, 1.82) is 10.5 Å². The third-order valence-corrected chi connectivity index (χ3v) is 3.48. The van der Waals surface area contributed by atoms with E-state index in [2.05, 4.69) is 13.2 Å². The maximum atomic E-state index is 15.0. The Bertz CT molecular complexity index is 942. The van der Waals surface area contributed by atoms with E-state index in [-0.39, 0.29) is 33.4 Å². The third kappa shape index (κ3) is 4.12. The van der Waals surface area contributed by atoms with Crippen LogP contribution in [0.4, 0.5) is 8.78 Å². The van der Waals surface area contributed by atoms with E-state index < -0.39 is 11.6 Å². The lowest BCUT2D eigenvalue weighted by Crippen LogP contribution is -1.98. The van der Waals surface area contributed by atoms with Crippen LogP contribution in [0.2, 0.25) is 0 Å². The van der Waals surface area contributed by atoms with E-state index in [0.29, 0.717) is 0 Å². The van der Waals surface area contributed by atoms with Crippen LogP contribution in [0.1, 0.15) is 25.0 Å². The highest BCUT2D eigenvalue weighted by atomic mass is 19.1. The summed E-state index contributed by atoms with van der Waals surface area (Å²) in [5.74, 6) is -1.42. The molecule has 0 bridgehead atoms. The Labute approximate surface area is 152 Å². The van der Waals surface area contributed by atoms with E-state index in [1.807, 2.05) is 26.0 Å². The molecule has 0 heterocycles. The minimum atomic E-state index is -0.733. The molecule has 2 rings (SSSR count). The third-order valence-electron chi connectivity index (χ3n) is 3.48. The van der Waals surface area contributed by atoms with Gasteiger partial charge in [-0.25, -0.2) is 8.78 Å². The second-order valence-electron chi connectivity index (χ2n) is 4.82. The highest BCUT2D eigenvalue weighted by molar-refractivity contribution is 5.84. The van der Waals surface area contributed by atoms with Gasteiger partial charge in [-0.1, -0.05) is 57.4 Å². The van der Waals surface area contributed by atoms with Crippen molar-refractivity contribution in [2.75, 3.05) is 0 Å². The van der Waals surface area contributed by atoms with E-state index in [1.165, 1.54) is 24.3 Å². The van der Waals surface area contributed by atoms with Gasteiger partial charge in [0.15, 0.2) is 0 Å². The maximum absolute atomic E-state index is 15.0.